The number of nitriles is 1. The summed E-state index contributed by atoms with van der Waals surface area (Å²) in [7, 11) is 0. The summed E-state index contributed by atoms with van der Waals surface area (Å²) < 4.78 is 10.8. The molecule has 0 radical (unpaired) electrons. The summed E-state index contributed by atoms with van der Waals surface area (Å²) >= 11 is 0. The van der Waals surface area contributed by atoms with Crippen molar-refractivity contribution in [2.45, 2.75) is 38.3 Å². The van der Waals surface area contributed by atoms with Gasteiger partial charge in [-0.2, -0.15) is 10.2 Å². The predicted octanol–water partition coefficient (Wildman–Crippen LogP) is 2.08. The standard InChI is InChI=1S/C18H22N4O3/c1-2-17-20-18(21-25-17)16-4-3-9-22(16)11-14(23)12-24-15-7-5-13(10-19)6-8-15/h5-8,14,16,23H,2-4,9,11-12H2,1H3/t14-,16-/m1/s1. The molecule has 7 heteroatoms. The molecule has 1 aromatic heterocycles. The zero-order valence-corrected chi connectivity index (χ0v) is 14.3. The van der Waals surface area contributed by atoms with E-state index < -0.39 is 6.10 Å². The number of rotatable bonds is 7. The Morgan fingerprint density at radius 3 is 2.92 bits per heavy atom. The summed E-state index contributed by atoms with van der Waals surface area (Å²) in [5.41, 5.74) is 0.583. The summed E-state index contributed by atoms with van der Waals surface area (Å²) in [6.07, 6.45) is 2.12. The van der Waals surface area contributed by atoms with Crippen LogP contribution >= 0.6 is 0 Å². The van der Waals surface area contributed by atoms with Gasteiger partial charge in [-0.3, -0.25) is 4.90 Å². The van der Waals surface area contributed by atoms with Crippen molar-refractivity contribution in [3.63, 3.8) is 0 Å². The van der Waals surface area contributed by atoms with E-state index in [-0.39, 0.29) is 12.6 Å². The zero-order chi connectivity index (χ0) is 17.6. The summed E-state index contributed by atoms with van der Waals surface area (Å²) in [6, 6.07) is 9.01. The molecular weight excluding hydrogens is 320 g/mol. The molecule has 1 saturated heterocycles. The molecule has 2 aromatic rings. The van der Waals surface area contributed by atoms with Crippen LogP contribution in [0.1, 0.15) is 43.1 Å². The minimum atomic E-state index is -0.617. The lowest BCUT2D eigenvalue weighted by molar-refractivity contribution is 0.0623. The maximum Gasteiger partial charge on any atom is 0.226 e. The molecule has 7 nitrogen and oxygen atoms in total. The van der Waals surface area contributed by atoms with E-state index in [0.29, 0.717) is 29.6 Å². The van der Waals surface area contributed by atoms with Crippen molar-refractivity contribution in [3.05, 3.63) is 41.5 Å². The highest BCUT2D eigenvalue weighted by Gasteiger charge is 2.31. The lowest BCUT2D eigenvalue weighted by Crippen LogP contribution is -2.35. The number of β-amino-alcohol motifs (C(OH)–C–C–N with tert-alkyl or cyclic N) is 1. The van der Waals surface area contributed by atoms with Gasteiger partial charge in [0.25, 0.3) is 0 Å². The number of ether oxygens (including phenoxy) is 1. The predicted molar refractivity (Wildman–Crippen MR) is 89.9 cm³/mol. The molecule has 2 atom stereocenters. The van der Waals surface area contributed by atoms with Crippen molar-refractivity contribution >= 4 is 0 Å². The molecule has 25 heavy (non-hydrogen) atoms. The molecule has 3 rings (SSSR count). The Labute approximate surface area is 146 Å². The number of aliphatic hydroxyl groups excluding tert-OH is 1. The number of hydrogen-bond acceptors (Lipinski definition) is 7. The molecule has 0 amide bonds. The summed E-state index contributed by atoms with van der Waals surface area (Å²) in [6.45, 7) is 3.57. The van der Waals surface area contributed by atoms with Gasteiger partial charge in [-0.1, -0.05) is 12.1 Å². The number of hydrogen-bond donors (Lipinski definition) is 1. The van der Waals surface area contributed by atoms with Crippen molar-refractivity contribution in [2.24, 2.45) is 0 Å². The third kappa shape index (κ3) is 4.35. The molecular formula is C18H22N4O3. The fourth-order valence-corrected chi connectivity index (χ4v) is 3.03. The quantitative estimate of drug-likeness (QED) is 0.823. The van der Waals surface area contributed by atoms with Crippen molar-refractivity contribution in [1.29, 1.82) is 5.26 Å². The third-order valence-corrected chi connectivity index (χ3v) is 4.32. The van der Waals surface area contributed by atoms with Gasteiger partial charge in [0.1, 0.15) is 18.5 Å². The van der Waals surface area contributed by atoms with Gasteiger partial charge in [0.05, 0.1) is 17.7 Å². The second-order valence-electron chi connectivity index (χ2n) is 6.15. The van der Waals surface area contributed by atoms with Gasteiger partial charge < -0.3 is 14.4 Å². The lowest BCUT2D eigenvalue weighted by atomic mass is 10.2. The van der Waals surface area contributed by atoms with E-state index in [0.717, 1.165) is 25.8 Å². The van der Waals surface area contributed by atoms with Crippen LogP contribution in [-0.4, -0.2) is 45.9 Å². The second kappa shape index (κ2) is 8.10. The van der Waals surface area contributed by atoms with Gasteiger partial charge in [0.2, 0.25) is 5.89 Å². The monoisotopic (exact) mass is 342 g/mol. The minimum absolute atomic E-state index is 0.0913. The highest BCUT2D eigenvalue weighted by atomic mass is 16.5. The largest absolute Gasteiger partial charge is 0.491 e. The highest BCUT2D eigenvalue weighted by molar-refractivity contribution is 5.34. The molecule has 2 heterocycles. The van der Waals surface area contributed by atoms with Crippen LogP contribution in [0, 0.1) is 11.3 Å². The molecule has 1 N–H and O–H groups in total. The van der Waals surface area contributed by atoms with Gasteiger partial charge >= 0.3 is 0 Å². The Balaban J connectivity index is 1.52. The fraction of sp³-hybridized carbons (Fsp3) is 0.500. The topological polar surface area (TPSA) is 95.4 Å². The fourth-order valence-electron chi connectivity index (χ4n) is 3.03. The van der Waals surface area contributed by atoms with E-state index in [1.165, 1.54) is 0 Å². The third-order valence-electron chi connectivity index (χ3n) is 4.32. The van der Waals surface area contributed by atoms with Crippen LogP contribution in [0.3, 0.4) is 0 Å². The summed E-state index contributed by atoms with van der Waals surface area (Å²) in [4.78, 5) is 6.60. The molecule has 1 aromatic carbocycles. The Morgan fingerprint density at radius 1 is 1.44 bits per heavy atom. The first kappa shape index (κ1) is 17.4. The van der Waals surface area contributed by atoms with Crippen LogP contribution in [0.15, 0.2) is 28.8 Å². The molecule has 1 fully saturated rings. The average Bonchev–Trinajstić information content (AvgIpc) is 3.29. The van der Waals surface area contributed by atoms with E-state index in [2.05, 4.69) is 21.1 Å². The van der Waals surface area contributed by atoms with Crippen LogP contribution in [0.4, 0.5) is 0 Å². The van der Waals surface area contributed by atoms with E-state index in [1.807, 2.05) is 6.92 Å². The Bertz CT molecular complexity index is 723. The summed E-state index contributed by atoms with van der Waals surface area (Å²) in [5.74, 6) is 1.99. The molecule has 0 unspecified atom stereocenters. The number of nitrogens with zero attached hydrogens (tertiary/aromatic N) is 4. The number of benzene rings is 1. The zero-order valence-electron chi connectivity index (χ0n) is 14.3. The van der Waals surface area contributed by atoms with Gasteiger partial charge in [-0.15, -0.1) is 0 Å². The maximum absolute atomic E-state index is 10.3. The number of aromatic nitrogens is 2. The van der Waals surface area contributed by atoms with Gasteiger partial charge in [0, 0.05) is 13.0 Å². The molecule has 132 valence electrons. The number of aryl methyl sites for hydroxylation is 1. The number of likely N-dealkylation sites (tertiary alicyclic amines) is 1. The first-order valence-corrected chi connectivity index (χ1v) is 8.57. The molecule has 0 saturated carbocycles. The molecule has 0 aliphatic carbocycles. The highest BCUT2D eigenvalue weighted by Crippen LogP contribution is 2.30. The van der Waals surface area contributed by atoms with Crippen molar-refractivity contribution in [2.75, 3.05) is 19.7 Å². The van der Waals surface area contributed by atoms with Crippen molar-refractivity contribution in [3.8, 4) is 11.8 Å². The molecule has 1 aliphatic heterocycles. The van der Waals surface area contributed by atoms with Crippen LogP contribution in [0.2, 0.25) is 0 Å². The minimum Gasteiger partial charge on any atom is -0.491 e. The smallest absolute Gasteiger partial charge is 0.226 e. The Hall–Kier alpha value is -2.43. The lowest BCUT2D eigenvalue weighted by Gasteiger charge is -2.24. The second-order valence-corrected chi connectivity index (χ2v) is 6.15. The van der Waals surface area contributed by atoms with Gasteiger partial charge in [-0.05, 0) is 43.7 Å². The average molecular weight is 342 g/mol. The molecule has 1 aliphatic rings. The maximum atomic E-state index is 10.3. The van der Waals surface area contributed by atoms with E-state index in [4.69, 9.17) is 14.5 Å². The van der Waals surface area contributed by atoms with Crippen LogP contribution < -0.4 is 4.74 Å². The van der Waals surface area contributed by atoms with Gasteiger partial charge in [0.15, 0.2) is 5.82 Å². The normalized spacial score (nSPS) is 18.8. The molecule has 0 bridgehead atoms. The van der Waals surface area contributed by atoms with Crippen LogP contribution in [-0.2, 0) is 6.42 Å². The first-order chi connectivity index (χ1) is 12.2. The van der Waals surface area contributed by atoms with E-state index >= 15 is 0 Å². The van der Waals surface area contributed by atoms with E-state index in [9.17, 15) is 5.11 Å². The van der Waals surface area contributed by atoms with Crippen molar-refractivity contribution in [1.82, 2.24) is 15.0 Å². The SMILES string of the molecule is CCc1nc([C@H]2CCCN2C[C@@H](O)COc2ccc(C#N)cc2)no1. The van der Waals surface area contributed by atoms with Crippen LogP contribution in [0.25, 0.3) is 0 Å². The van der Waals surface area contributed by atoms with Gasteiger partial charge in [-0.25, -0.2) is 0 Å². The molecule has 0 spiro atoms. The van der Waals surface area contributed by atoms with E-state index in [1.54, 1.807) is 24.3 Å². The van der Waals surface area contributed by atoms with Crippen LogP contribution in [0.5, 0.6) is 5.75 Å². The Morgan fingerprint density at radius 2 is 2.24 bits per heavy atom. The Kier molecular flexibility index (Phi) is 5.64. The number of aliphatic hydroxyl groups is 1. The first-order valence-electron chi connectivity index (χ1n) is 8.57. The van der Waals surface area contributed by atoms with Crippen molar-refractivity contribution < 1.29 is 14.4 Å². The summed E-state index contributed by atoms with van der Waals surface area (Å²) in [5, 5.41) is 23.2.